The molecule has 0 saturated heterocycles. The van der Waals surface area contributed by atoms with Gasteiger partial charge in [0.05, 0.1) is 4.58 Å². The van der Waals surface area contributed by atoms with Crippen LogP contribution in [0.25, 0.3) is 0 Å². The molecule has 4 heteroatoms. The molecule has 0 N–H and O–H groups in total. The van der Waals surface area contributed by atoms with E-state index in [4.69, 9.17) is 0 Å². The van der Waals surface area contributed by atoms with Gasteiger partial charge in [-0.25, -0.2) is 0 Å². The number of nitrogens with zero attached hydrogens (tertiary/aromatic N) is 1. The number of hydrogen-bond donors (Lipinski definition) is 0. The van der Waals surface area contributed by atoms with Gasteiger partial charge in [-0.15, -0.1) is 11.8 Å². The van der Waals surface area contributed by atoms with Gasteiger partial charge in [0.1, 0.15) is 0 Å². The first-order valence-electron chi connectivity index (χ1n) is 5.69. The van der Waals surface area contributed by atoms with Crippen LogP contribution in [-0.4, -0.2) is 35.1 Å². The zero-order valence-corrected chi connectivity index (χ0v) is 12.4. The van der Waals surface area contributed by atoms with Gasteiger partial charge >= 0.3 is 0 Å². The lowest BCUT2D eigenvalue weighted by atomic mass is 10.2. The molecule has 0 heterocycles. The van der Waals surface area contributed by atoms with Crippen LogP contribution in [0.2, 0.25) is 0 Å². The Hall–Kier alpha value is -0.0900. The standard InChI is InChI=1S/C12H23NOS2/c1-5-6-7-8-9-10-11(15-4)16-12(14)13(2)3/h9-11H,5-8H2,1-4H3/b10-9+. The molecule has 94 valence electrons. The van der Waals surface area contributed by atoms with Crippen LogP contribution < -0.4 is 0 Å². The predicted octanol–water partition coefficient (Wildman–Crippen LogP) is 4.23. The quantitative estimate of drug-likeness (QED) is 0.389. The molecular weight excluding hydrogens is 238 g/mol. The highest BCUT2D eigenvalue weighted by Gasteiger charge is 2.11. The molecule has 0 aliphatic rings. The second-order valence-electron chi connectivity index (χ2n) is 3.81. The maximum absolute atomic E-state index is 11.5. The number of thioether (sulfide) groups is 2. The van der Waals surface area contributed by atoms with E-state index in [1.165, 1.54) is 31.0 Å². The Morgan fingerprint density at radius 1 is 1.38 bits per heavy atom. The lowest BCUT2D eigenvalue weighted by Gasteiger charge is -2.13. The highest BCUT2D eigenvalue weighted by Crippen LogP contribution is 2.24. The zero-order valence-electron chi connectivity index (χ0n) is 10.7. The summed E-state index contributed by atoms with van der Waals surface area (Å²) in [5.74, 6) is 0. The molecule has 0 fully saturated rings. The second kappa shape index (κ2) is 10.1. The van der Waals surface area contributed by atoms with Crippen LogP contribution in [0.1, 0.15) is 32.6 Å². The maximum atomic E-state index is 11.5. The van der Waals surface area contributed by atoms with E-state index in [9.17, 15) is 4.79 Å². The Kier molecular flexibility index (Phi) is 10.0. The van der Waals surface area contributed by atoms with Crippen molar-refractivity contribution in [2.75, 3.05) is 20.4 Å². The highest BCUT2D eigenvalue weighted by atomic mass is 32.2. The van der Waals surface area contributed by atoms with Crippen molar-refractivity contribution in [3.05, 3.63) is 12.2 Å². The molecule has 2 nitrogen and oxygen atoms in total. The van der Waals surface area contributed by atoms with Crippen molar-refractivity contribution in [1.29, 1.82) is 0 Å². The number of allylic oxidation sites excluding steroid dienone is 1. The first kappa shape index (κ1) is 15.9. The molecule has 0 rings (SSSR count). The van der Waals surface area contributed by atoms with Crippen LogP contribution in [0, 0.1) is 0 Å². The van der Waals surface area contributed by atoms with Crippen LogP contribution in [-0.2, 0) is 0 Å². The van der Waals surface area contributed by atoms with Gasteiger partial charge in [-0.1, -0.05) is 31.9 Å². The first-order chi connectivity index (χ1) is 7.61. The summed E-state index contributed by atoms with van der Waals surface area (Å²) >= 11 is 3.09. The summed E-state index contributed by atoms with van der Waals surface area (Å²) in [6.07, 6.45) is 11.3. The summed E-state index contributed by atoms with van der Waals surface area (Å²) in [4.78, 5) is 13.1. The summed E-state index contributed by atoms with van der Waals surface area (Å²) in [6.45, 7) is 2.21. The largest absolute Gasteiger partial charge is 0.340 e. The van der Waals surface area contributed by atoms with Gasteiger partial charge in [-0.3, -0.25) is 4.79 Å². The normalized spacial score (nSPS) is 13.0. The van der Waals surface area contributed by atoms with E-state index in [0.717, 1.165) is 6.42 Å². The third-order valence-corrected chi connectivity index (χ3v) is 4.53. The van der Waals surface area contributed by atoms with Gasteiger partial charge in [-0.05, 0) is 30.9 Å². The van der Waals surface area contributed by atoms with E-state index in [0.29, 0.717) is 0 Å². The molecule has 1 atom stereocenters. The number of amides is 1. The molecule has 0 bridgehead atoms. The summed E-state index contributed by atoms with van der Waals surface area (Å²) in [7, 11) is 3.58. The number of hydrogen-bond acceptors (Lipinski definition) is 3. The second-order valence-corrected chi connectivity index (χ2v) is 6.18. The third-order valence-electron chi connectivity index (χ3n) is 2.08. The molecular formula is C12H23NOS2. The summed E-state index contributed by atoms with van der Waals surface area (Å²) in [6, 6.07) is 0. The maximum Gasteiger partial charge on any atom is 0.282 e. The van der Waals surface area contributed by atoms with Crippen LogP contribution in [0.15, 0.2) is 12.2 Å². The molecule has 0 aromatic heterocycles. The topological polar surface area (TPSA) is 20.3 Å². The van der Waals surface area contributed by atoms with Crippen LogP contribution in [0.5, 0.6) is 0 Å². The lowest BCUT2D eigenvalue weighted by Crippen LogP contribution is -2.18. The van der Waals surface area contributed by atoms with Gasteiger partial charge < -0.3 is 4.90 Å². The average molecular weight is 261 g/mol. The minimum absolute atomic E-state index is 0.123. The Bertz CT molecular complexity index is 217. The fourth-order valence-corrected chi connectivity index (χ4v) is 2.59. The number of carbonyl (C=O) groups excluding carboxylic acids is 1. The summed E-state index contributed by atoms with van der Waals surface area (Å²) in [5.41, 5.74) is 0. The monoisotopic (exact) mass is 261 g/mol. The van der Waals surface area contributed by atoms with E-state index >= 15 is 0 Å². The average Bonchev–Trinajstić information content (AvgIpc) is 2.26. The Labute approximate surface area is 108 Å². The minimum Gasteiger partial charge on any atom is -0.340 e. The van der Waals surface area contributed by atoms with Crippen molar-refractivity contribution >= 4 is 28.8 Å². The van der Waals surface area contributed by atoms with Crippen molar-refractivity contribution < 1.29 is 4.79 Å². The molecule has 0 aromatic carbocycles. The van der Waals surface area contributed by atoms with Crippen molar-refractivity contribution in [2.24, 2.45) is 0 Å². The van der Waals surface area contributed by atoms with Crippen LogP contribution in [0.4, 0.5) is 4.79 Å². The van der Waals surface area contributed by atoms with Gasteiger partial charge in [0.15, 0.2) is 0 Å². The first-order valence-corrected chi connectivity index (χ1v) is 7.86. The molecule has 0 saturated carbocycles. The summed E-state index contributed by atoms with van der Waals surface area (Å²) < 4.78 is 0.247. The van der Waals surface area contributed by atoms with E-state index in [1.54, 1.807) is 30.8 Å². The van der Waals surface area contributed by atoms with Crippen molar-refractivity contribution in [2.45, 2.75) is 37.2 Å². The van der Waals surface area contributed by atoms with E-state index in [1.807, 2.05) is 6.26 Å². The number of rotatable bonds is 7. The van der Waals surface area contributed by atoms with Gasteiger partial charge in [-0.2, -0.15) is 0 Å². The molecule has 0 aliphatic carbocycles. The van der Waals surface area contributed by atoms with Crippen LogP contribution >= 0.6 is 23.5 Å². The summed E-state index contributed by atoms with van der Waals surface area (Å²) in [5, 5.41) is 0.123. The van der Waals surface area contributed by atoms with Crippen molar-refractivity contribution in [3.8, 4) is 0 Å². The lowest BCUT2D eigenvalue weighted by molar-refractivity contribution is 0.241. The van der Waals surface area contributed by atoms with Gasteiger partial charge in [0.2, 0.25) is 0 Å². The molecule has 16 heavy (non-hydrogen) atoms. The highest BCUT2D eigenvalue weighted by molar-refractivity contribution is 8.24. The van der Waals surface area contributed by atoms with Gasteiger partial charge in [0, 0.05) is 14.1 Å². The SMILES string of the molecule is CCCCC/C=C/C(SC)SC(=O)N(C)C. The van der Waals surface area contributed by atoms with Crippen molar-refractivity contribution in [3.63, 3.8) is 0 Å². The number of unbranched alkanes of at least 4 members (excludes halogenated alkanes) is 3. The molecule has 0 aromatic rings. The Morgan fingerprint density at radius 2 is 2.06 bits per heavy atom. The Balaban J connectivity index is 3.86. The minimum atomic E-state index is 0.123. The van der Waals surface area contributed by atoms with E-state index in [-0.39, 0.29) is 9.82 Å². The molecule has 1 amide bonds. The molecule has 0 radical (unpaired) electrons. The Morgan fingerprint density at radius 3 is 2.56 bits per heavy atom. The molecule has 0 aliphatic heterocycles. The van der Waals surface area contributed by atoms with E-state index in [2.05, 4.69) is 19.1 Å². The predicted molar refractivity (Wildman–Crippen MR) is 77.3 cm³/mol. The number of carbonyl (C=O) groups is 1. The van der Waals surface area contributed by atoms with Gasteiger partial charge in [0.25, 0.3) is 5.24 Å². The third kappa shape index (κ3) is 8.11. The molecule has 1 unspecified atom stereocenters. The zero-order chi connectivity index (χ0) is 12.4. The van der Waals surface area contributed by atoms with E-state index < -0.39 is 0 Å². The molecule has 0 spiro atoms. The smallest absolute Gasteiger partial charge is 0.282 e. The fraction of sp³-hybridized carbons (Fsp3) is 0.750. The van der Waals surface area contributed by atoms with Crippen molar-refractivity contribution in [1.82, 2.24) is 4.90 Å². The fourth-order valence-electron chi connectivity index (χ4n) is 1.09. The van der Waals surface area contributed by atoms with Crippen LogP contribution in [0.3, 0.4) is 0 Å².